The SMILES string of the molecule is CCC=N\C=C/C=C(C)/C(C=NCc1ccc(COCC2CC2)cc1)=C/N. The molecule has 0 unspecified atom stereocenters. The van der Waals surface area contributed by atoms with Crippen LogP contribution in [0.3, 0.4) is 0 Å². The van der Waals surface area contributed by atoms with Crippen molar-refractivity contribution >= 4 is 12.4 Å². The fraction of sp³-hybridized carbons (Fsp3) is 0.391. The molecule has 0 spiro atoms. The van der Waals surface area contributed by atoms with Gasteiger partial charge < -0.3 is 10.5 Å². The Kier molecular flexibility index (Phi) is 9.28. The van der Waals surface area contributed by atoms with Crippen LogP contribution >= 0.6 is 0 Å². The Morgan fingerprint density at radius 3 is 2.63 bits per heavy atom. The molecular formula is C23H31N3O. The maximum absolute atomic E-state index is 5.74. The first-order chi connectivity index (χ1) is 13.2. The van der Waals surface area contributed by atoms with Crippen LogP contribution in [0.1, 0.15) is 44.2 Å². The molecule has 1 aromatic carbocycles. The van der Waals surface area contributed by atoms with Gasteiger partial charge in [-0.3, -0.25) is 9.98 Å². The predicted molar refractivity (Wildman–Crippen MR) is 115 cm³/mol. The summed E-state index contributed by atoms with van der Waals surface area (Å²) in [6.07, 6.45) is 14.5. The number of ether oxygens (including phenoxy) is 1. The summed E-state index contributed by atoms with van der Waals surface area (Å²) in [5.41, 5.74) is 10.1. The monoisotopic (exact) mass is 365 g/mol. The highest BCUT2D eigenvalue weighted by Gasteiger charge is 2.20. The van der Waals surface area contributed by atoms with E-state index in [4.69, 9.17) is 10.5 Å². The maximum atomic E-state index is 5.74. The number of hydrogen-bond acceptors (Lipinski definition) is 4. The third kappa shape index (κ3) is 8.65. The number of benzene rings is 1. The quantitative estimate of drug-likeness (QED) is 0.445. The van der Waals surface area contributed by atoms with Crippen LogP contribution in [0.2, 0.25) is 0 Å². The van der Waals surface area contributed by atoms with Crippen LogP contribution in [0.5, 0.6) is 0 Å². The zero-order valence-electron chi connectivity index (χ0n) is 16.5. The van der Waals surface area contributed by atoms with Crippen LogP contribution in [0, 0.1) is 5.92 Å². The molecule has 4 heteroatoms. The number of allylic oxidation sites excluding steroid dienone is 4. The fourth-order valence-electron chi connectivity index (χ4n) is 2.39. The normalized spacial score (nSPS) is 16.2. The van der Waals surface area contributed by atoms with E-state index in [0.29, 0.717) is 13.2 Å². The van der Waals surface area contributed by atoms with E-state index in [1.54, 1.807) is 12.4 Å². The van der Waals surface area contributed by atoms with Gasteiger partial charge in [0.05, 0.1) is 13.2 Å². The van der Waals surface area contributed by atoms with Gasteiger partial charge >= 0.3 is 0 Å². The number of hydrogen-bond donors (Lipinski definition) is 1. The van der Waals surface area contributed by atoms with Crippen molar-refractivity contribution in [3.63, 3.8) is 0 Å². The molecule has 27 heavy (non-hydrogen) atoms. The first-order valence-corrected chi connectivity index (χ1v) is 9.65. The average Bonchev–Trinajstić information content (AvgIpc) is 3.50. The van der Waals surface area contributed by atoms with E-state index >= 15 is 0 Å². The van der Waals surface area contributed by atoms with Gasteiger partial charge in [0.15, 0.2) is 0 Å². The molecule has 0 aliphatic heterocycles. The second kappa shape index (κ2) is 12.0. The van der Waals surface area contributed by atoms with Gasteiger partial charge in [0.2, 0.25) is 0 Å². The molecule has 0 amide bonds. The second-order valence-corrected chi connectivity index (χ2v) is 6.80. The molecule has 0 bridgehead atoms. The van der Waals surface area contributed by atoms with Gasteiger partial charge in [-0.05, 0) is 54.9 Å². The highest BCUT2D eigenvalue weighted by molar-refractivity contribution is 5.84. The Morgan fingerprint density at radius 2 is 1.96 bits per heavy atom. The maximum Gasteiger partial charge on any atom is 0.0717 e. The van der Waals surface area contributed by atoms with E-state index in [0.717, 1.165) is 30.1 Å². The highest BCUT2D eigenvalue weighted by Crippen LogP contribution is 2.29. The zero-order valence-corrected chi connectivity index (χ0v) is 16.5. The van der Waals surface area contributed by atoms with Crippen molar-refractivity contribution in [3.05, 3.63) is 71.1 Å². The van der Waals surface area contributed by atoms with Gasteiger partial charge in [0, 0.05) is 37.0 Å². The van der Waals surface area contributed by atoms with Gasteiger partial charge in [0.25, 0.3) is 0 Å². The summed E-state index contributed by atoms with van der Waals surface area (Å²) in [6.45, 7) is 6.29. The molecule has 1 fully saturated rings. The Hall–Kier alpha value is -2.46. The first kappa shape index (κ1) is 20.8. The molecule has 1 aliphatic rings. The Labute approximate surface area is 163 Å². The minimum absolute atomic E-state index is 0.629. The molecule has 2 rings (SSSR count). The van der Waals surface area contributed by atoms with Crippen molar-refractivity contribution < 1.29 is 4.74 Å². The lowest BCUT2D eigenvalue weighted by Gasteiger charge is -2.04. The predicted octanol–water partition coefficient (Wildman–Crippen LogP) is 4.97. The van der Waals surface area contributed by atoms with Gasteiger partial charge in [-0.1, -0.05) is 37.3 Å². The summed E-state index contributed by atoms with van der Waals surface area (Å²) in [5, 5.41) is 0. The Bertz CT molecular complexity index is 708. The summed E-state index contributed by atoms with van der Waals surface area (Å²) >= 11 is 0. The van der Waals surface area contributed by atoms with E-state index in [1.165, 1.54) is 24.0 Å². The van der Waals surface area contributed by atoms with E-state index in [2.05, 4.69) is 41.2 Å². The number of nitrogens with zero attached hydrogens (tertiary/aromatic N) is 2. The number of rotatable bonds is 11. The standard InChI is InChI=1S/C23H31N3O/c1-3-12-25-13-4-5-19(2)23(14-24)16-26-15-20-6-8-21(9-7-20)17-27-18-22-10-11-22/h4-9,12-14,16,22H,3,10-11,15,17-18,24H2,1-2H3/b13-4-,19-5+,23-14+,25-12?,26-16?. The van der Waals surface area contributed by atoms with Gasteiger partial charge in [-0.25, -0.2) is 0 Å². The van der Waals surface area contributed by atoms with Crippen LogP contribution in [-0.4, -0.2) is 19.0 Å². The largest absolute Gasteiger partial charge is 0.404 e. The lowest BCUT2D eigenvalue weighted by molar-refractivity contribution is 0.111. The van der Waals surface area contributed by atoms with Gasteiger partial charge in [-0.2, -0.15) is 0 Å². The molecule has 2 N–H and O–H groups in total. The van der Waals surface area contributed by atoms with Crippen LogP contribution in [0.15, 0.2) is 69.9 Å². The number of nitrogens with two attached hydrogens (primary N) is 1. The van der Waals surface area contributed by atoms with Crippen molar-refractivity contribution in [2.24, 2.45) is 21.6 Å². The summed E-state index contributed by atoms with van der Waals surface area (Å²) in [4.78, 5) is 8.66. The second-order valence-electron chi connectivity index (χ2n) is 6.80. The third-order valence-corrected chi connectivity index (χ3v) is 4.29. The summed E-state index contributed by atoms with van der Waals surface area (Å²) in [6, 6.07) is 8.45. The third-order valence-electron chi connectivity index (χ3n) is 4.29. The molecule has 0 saturated heterocycles. The van der Waals surface area contributed by atoms with Gasteiger partial charge in [-0.15, -0.1) is 0 Å². The minimum atomic E-state index is 0.629. The summed E-state index contributed by atoms with van der Waals surface area (Å²) < 4.78 is 5.72. The fourth-order valence-corrected chi connectivity index (χ4v) is 2.39. The first-order valence-electron chi connectivity index (χ1n) is 9.65. The Balaban J connectivity index is 1.80. The lowest BCUT2D eigenvalue weighted by atomic mass is 10.1. The van der Waals surface area contributed by atoms with Crippen molar-refractivity contribution in [2.75, 3.05) is 6.61 Å². The molecule has 0 radical (unpaired) electrons. The van der Waals surface area contributed by atoms with Crippen molar-refractivity contribution in [2.45, 2.75) is 46.3 Å². The molecule has 0 aromatic heterocycles. The number of aliphatic imine (C=N–C) groups is 2. The van der Waals surface area contributed by atoms with Crippen LogP contribution in [0.25, 0.3) is 0 Å². The summed E-state index contributed by atoms with van der Waals surface area (Å²) in [5.74, 6) is 0.806. The molecule has 0 heterocycles. The summed E-state index contributed by atoms with van der Waals surface area (Å²) in [7, 11) is 0. The minimum Gasteiger partial charge on any atom is -0.404 e. The van der Waals surface area contributed by atoms with E-state index in [1.807, 2.05) is 31.5 Å². The van der Waals surface area contributed by atoms with E-state index in [9.17, 15) is 0 Å². The van der Waals surface area contributed by atoms with E-state index < -0.39 is 0 Å². The average molecular weight is 366 g/mol. The lowest BCUT2D eigenvalue weighted by Crippen LogP contribution is -1.97. The molecular weight excluding hydrogens is 334 g/mol. The van der Waals surface area contributed by atoms with Crippen LogP contribution < -0.4 is 5.73 Å². The van der Waals surface area contributed by atoms with Gasteiger partial charge in [0.1, 0.15) is 0 Å². The highest BCUT2D eigenvalue weighted by atomic mass is 16.5. The smallest absolute Gasteiger partial charge is 0.0717 e. The van der Waals surface area contributed by atoms with Crippen LogP contribution in [0.4, 0.5) is 0 Å². The van der Waals surface area contributed by atoms with Crippen molar-refractivity contribution in [1.82, 2.24) is 0 Å². The molecule has 144 valence electrons. The molecule has 1 aromatic rings. The van der Waals surface area contributed by atoms with Crippen molar-refractivity contribution in [1.29, 1.82) is 0 Å². The van der Waals surface area contributed by atoms with E-state index in [-0.39, 0.29) is 0 Å². The van der Waals surface area contributed by atoms with Crippen LogP contribution in [-0.2, 0) is 17.9 Å². The molecule has 0 atom stereocenters. The zero-order chi connectivity index (χ0) is 19.3. The Morgan fingerprint density at radius 1 is 1.22 bits per heavy atom. The molecule has 4 nitrogen and oxygen atoms in total. The molecule has 1 saturated carbocycles. The van der Waals surface area contributed by atoms with Crippen molar-refractivity contribution in [3.8, 4) is 0 Å². The molecule has 1 aliphatic carbocycles. The topological polar surface area (TPSA) is 60.0 Å².